The fourth-order valence-corrected chi connectivity index (χ4v) is 1.88. The molecule has 0 radical (unpaired) electrons. The van der Waals surface area contributed by atoms with E-state index in [1.54, 1.807) is 0 Å². The molecule has 1 aromatic heterocycles. The molecule has 1 heterocycles. The number of amides is 1. The van der Waals surface area contributed by atoms with E-state index in [-0.39, 0.29) is 5.91 Å². The number of nitrogens with zero attached hydrogens (tertiary/aromatic N) is 2. The summed E-state index contributed by atoms with van der Waals surface area (Å²) in [5, 5.41) is 6.93. The summed E-state index contributed by atoms with van der Waals surface area (Å²) in [7, 11) is 0. The van der Waals surface area contributed by atoms with Gasteiger partial charge in [0, 0.05) is 18.8 Å². The van der Waals surface area contributed by atoms with E-state index < -0.39 is 0 Å². The van der Waals surface area contributed by atoms with Crippen molar-refractivity contribution in [2.24, 2.45) is 0 Å². The Bertz CT molecular complexity index is 332. The lowest BCUT2D eigenvalue weighted by atomic mass is 10.1. The average molecular weight is 223 g/mol. The van der Waals surface area contributed by atoms with Crippen LogP contribution in [0.15, 0.2) is 0 Å². The molecule has 0 aliphatic heterocycles. The maximum absolute atomic E-state index is 12.3. The van der Waals surface area contributed by atoms with Crippen LogP contribution in [0, 0.1) is 13.8 Å². The third kappa shape index (κ3) is 2.62. The second-order valence-electron chi connectivity index (χ2n) is 4.10. The molecule has 90 valence electrons. The van der Waals surface area contributed by atoms with E-state index in [4.69, 9.17) is 0 Å². The Kier molecular flexibility index (Phi) is 4.52. The van der Waals surface area contributed by atoms with Crippen molar-refractivity contribution >= 4 is 5.91 Å². The van der Waals surface area contributed by atoms with Gasteiger partial charge in [-0.15, -0.1) is 0 Å². The quantitative estimate of drug-likeness (QED) is 0.832. The number of carbonyl (C=O) groups excluding carboxylic acids is 1. The Morgan fingerprint density at radius 1 is 1.25 bits per heavy atom. The van der Waals surface area contributed by atoms with Crippen LogP contribution in [0.25, 0.3) is 0 Å². The van der Waals surface area contributed by atoms with Crippen molar-refractivity contribution in [2.75, 3.05) is 13.1 Å². The highest BCUT2D eigenvalue weighted by Gasteiger charge is 2.20. The van der Waals surface area contributed by atoms with Gasteiger partial charge in [-0.1, -0.05) is 13.8 Å². The minimum Gasteiger partial charge on any atom is -0.339 e. The summed E-state index contributed by atoms with van der Waals surface area (Å²) in [4.78, 5) is 14.2. The third-order valence-corrected chi connectivity index (χ3v) is 2.62. The van der Waals surface area contributed by atoms with Gasteiger partial charge in [0.05, 0.1) is 11.3 Å². The molecule has 1 N–H and O–H groups in total. The van der Waals surface area contributed by atoms with Gasteiger partial charge in [0.2, 0.25) is 0 Å². The molecule has 0 unspecified atom stereocenters. The highest BCUT2D eigenvalue weighted by molar-refractivity contribution is 5.96. The first-order chi connectivity index (χ1) is 7.61. The van der Waals surface area contributed by atoms with Crippen molar-refractivity contribution < 1.29 is 4.79 Å². The number of aromatic nitrogens is 2. The van der Waals surface area contributed by atoms with Crippen LogP contribution in [0.5, 0.6) is 0 Å². The molecule has 0 saturated carbocycles. The Hall–Kier alpha value is -1.32. The Morgan fingerprint density at radius 3 is 2.19 bits per heavy atom. The highest BCUT2D eigenvalue weighted by atomic mass is 16.2. The SMILES string of the molecule is CCCN(CCC)C(=O)c1c(C)n[nH]c1C. The van der Waals surface area contributed by atoms with Crippen LogP contribution in [-0.4, -0.2) is 34.1 Å². The van der Waals surface area contributed by atoms with Crippen molar-refractivity contribution in [3.8, 4) is 0 Å². The standard InChI is InChI=1S/C12H21N3O/c1-5-7-15(8-6-2)12(16)11-9(3)13-14-10(11)4/h5-8H2,1-4H3,(H,13,14). The van der Waals surface area contributed by atoms with Gasteiger partial charge in [-0.3, -0.25) is 9.89 Å². The Balaban J connectivity index is 2.89. The highest BCUT2D eigenvalue weighted by Crippen LogP contribution is 2.13. The zero-order valence-corrected chi connectivity index (χ0v) is 10.6. The van der Waals surface area contributed by atoms with Gasteiger partial charge in [0.25, 0.3) is 5.91 Å². The fraction of sp³-hybridized carbons (Fsp3) is 0.667. The van der Waals surface area contributed by atoms with Crippen molar-refractivity contribution in [1.29, 1.82) is 0 Å². The summed E-state index contributed by atoms with van der Waals surface area (Å²) in [6.07, 6.45) is 1.98. The second-order valence-corrected chi connectivity index (χ2v) is 4.10. The molecular weight excluding hydrogens is 202 g/mol. The minimum absolute atomic E-state index is 0.104. The van der Waals surface area contributed by atoms with E-state index in [1.165, 1.54) is 0 Å². The van der Waals surface area contributed by atoms with Crippen LogP contribution in [0.1, 0.15) is 48.4 Å². The molecule has 1 aromatic rings. The molecule has 0 saturated heterocycles. The first kappa shape index (κ1) is 12.7. The zero-order chi connectivity index (χ0) is 12.1. The zero-order valence-electron chi connectivity index (χ0n) is 10.6. The predicted molar refractivity (Wildman–Crippen MR) is 64.5 cm³/mol. The molecule has 1 rings (SSSR count). The lowest BCUT2D eigenvalue weighted by molar-refractivity contribution is 0.0754. The number of hydrogen-bond donors (Lipinski definition) is 1. The smallest absolute Gasteiger partial charge is 0.257 e. The van der Waals surface area contributed by atoms with Crippen LogP contribution >= 0.6 is 0 Å². The van der Waals surface area contributed by atoms with E-state index in [2.05, 4.69) is 24.0 Å². The van der Waals surface area contributed by atoms with E-state index >= 15 is 0 Å². The van der Waals surface area contributed by atoms with Crippen molar-refractivity contribution in [3.05, 3.63) is 17.0 Å². The van der Waals surface area contributed by atoms with E-state index in [0.29, 0.717) is 0 Å². The number of aryl methyl sites for hydroxylation is 2. The van der Waals surface area contributed by atoms with Gasteiger partial charge in [-0.25, -0.2) is 0 Å². The molecule has 0 fully saturated rings. The lowest BCUT2D eigenvalue weighted by Gasteiger charge is -2.21. The van der Waals surface area contributed by atoms with Crippen molar-refractivity contribution in [1.82, 2.24) is 15.1 Å². The minimum atomic E-state index is 0.104. The molecule has 0 aliphatic carbocycles. The third-order valence-electron chi connectivity index (χ3n) is 2.62. The molecule has 4 nitrogen and oxygen atoms in total. The molecule has 0 bridgehead atoms. The van der Waals surface area contributed by atoms with Crippen LogP contribution < -0.4 is 0 Å². The first-order valence-corrected chi connectivity index (χ1v) is 5.92. The summed E-state index contributed by atoms with van der Waals surface area (Å²) >= 11 is 0. The van der Waals surface area contributed by atoms with Crippen LogP contribution in [0.2, 0.25) is 0 Å². The van der Waals surface area contributed by atoms with Crippen molar-refractivity contribution in [2.45, 2.75) is 40.5 Å². The second kappa shape index (κ2) is 5.68. The van der Waals surface area contributed by atoms with Crippen LogP contribution in [0.3, 0.4) is 0 Å². The van der Waals surface area contributed by atoms with Gasteiger partial charge >= 0.3 is 0 Å². The monoisotopic (exact) mass is 223 g/mol. The molecule has 0 aliphatic rings. The summed E-state index contributed by atoms with van der Waals surface area (Å²) in [6, 6.07) is 0. The first-order valence-electron chi connectivity index (χ1n) is 5.92. The number of H-pyrrole nitrogens is 1. The average Bonchev–Trinajstić information content (AvgIpc) is 2.57. The molecular formula is C12H21N3O. The normalized spacial score (nSPS) is 10.5. The molecule has 1 amide bonds. The van der Waals surface area contributed by atoms with E-state index in [1.807, 2.05) is 18.7 Å². The lowest BCUT2D eigenvalue weighted by Crippen LogP contribution is -2.33. The topological polar surface area (TPSA) is 49.0 Å². The largest absolute Gasteiger partial charge is 0.339 e. The van der Waals surface area contributed by atoms with Gasteiger partial charge in [0.15, 0.2) is 0 Å². The molecule has 4 heteroatoms. The summed E-state index contributed by atoms with van der Waals surface area (Å²) in [6.45, 7) is 9.57. The maximum atomic E-state index is 12.3. The molecule has 16 heavy (non-hydrogen) atoms. The van der Waals surface area contributed by atoms with E-state index in [0.717, 1.165) is 42.9 Å². The van der Waals surface area contributed by atoms with Crippen LogP contribution in [0.4, 0.5) is 0 Å². The number of nitrogens with one attached hydrogen (secondary N) is 1. The number of aromatic amines is 1. The molecule has 0 atom stereocenters. The number of rotatable bonds is 5. The molecule has 0 aromatic carbocycles. The van der Waals surface area contributed by atoms with Gasteiger partial charge in [-0.2, -0.15) is 5.10 Å². The van der Waals surface area contributed by atoms with E-state index in [9.17, 15) is 4.79 Å². The predicted octanol–water partition coefficient (Wildman–Crippen LogP) is 2.29. The van der Waals surface area contributed by atoms with Gasteiger partial charge in [0.1, 0.15) is 0 Å². The Morgan fingerprint density at radius 2 is 1.81 bits per heavy atom. The summed E-state index contributed by atoms with van der Waals surface area (Å²) in [5.41, 5.74) is 2.39. The van der Waals surface area contributed by atoms with Crippen LogP contribution in [-0.2, 0) is 0 Å². The summed E-state index contributed by atoms with van der Waals surface area (Å²) < 4.78 is 0. The fourth-order valence-electron chi connectivity index (χ4n) is 1.88. The Labute approximate surface area is 97.0 Å². The molecule has 0 spiro atoms. The maximum Gasteiger partial charge on any atom is 0.257 e. The van der Waals surface area contributed by atoms with Gasteiger partial charge in [-0.05, 0) is 26.7 Å². The summed E-state index contributed by atoms with van der Waals surface area (Å²) in [5.74, 6) is 0.104. The number of carbonyl (C=O) groups is 1. The number of hydrogen-bond acceptors (Lipinski definition) is 2. The van der Waals surface area contributed by atoms with Crippen molar-refractivity contribution in [3.63, 3.8) is 0 Å². The van der Waals surface area contributed by atoms with Gasteiger partial charge < -0.3 is 4.90 Å².